The molecule has 0 saturated heterocycles. The molecule has 4 rings (SSSR count). The van der Waals surface area contributed by atoms with Crippen LogP contribution in [0.5, 0.6) is 0 Å². The highest BCUT2D eigenvalue weighted by atomic mass is 79.9. The van der Waals surface area contributed by atoms with Gasteiger partial charge in [0.05, 0.1) is 4.90 Å². The van der Waals surface area contributed by atoms with Crippen molar-refractivity contribution >= 4 is 36.9 Å². The topological polar surface area (TPSA) is 62.0 Å². The van der Waals surface area contributed by atoms with Gasteiger partial charge in [0, 0.05) is 33.2 Å². The second-order valence-corrected chi connectivity index (χ2v) is 10.6. The van der Waals surface area contributed by atoms with Crippen LogP contribution in [0.15, 0.2) is 82.2 Å². The lowest BCUT2D eigenvalue weighted by molar-refractivity contribution is 0.579. The van der Waals surface area contributed by atoms with Crippen molar-refractivity contribution in [3.05, 3.63) is 99.7 Å². The first-order chi connectivity index (χ1) is 16.0. The van der Waals surface area contributed by atoms with Crippen LogP contribution in [-0.2, 0) is 29.3 Å². The Morgan fingerprint density at radius 3 is 2.42 bits per heavy atom. The Bertz CT molecular complexity index is 1400. The molecule has 168 valence electrons. The monoisotopic (exact) mass is 520 g/mol. The number of rotatable bonds is 9. The van der Waals surface area contributed by atoms with E-state index >= 15 is 0 Å². The van der Waals surface area contributed by atoms with Crippen LogP contribution in [0.4, 0.5) is 0 Å². The molecule has 0 aliphatic heterocycles. The zero-order valence-electron chi connectivity index (χ0n) is 18.1. The van der Waals surface area contributed by atoms with Crippen molar-refractivity contribution in [2.75, 3.05) is 6.54 Å². The second kappa shape index (κ2) is 10.4. The second-order valence-electron chi connectivity index (χ2n) is 7.88. The number of H-pyrrole nitrogens is 1. The molecule has 4 nitrogen and oxygen atoms in total. The van der Waals surface area contributed by atoms with Crippen LogP contribution in [0, 0.1) is 12.3 Å². The number of halogens is 1. The summed E-state index contributed by atoms with van der Waals surface area (Å²) in [5, 5.41) is 1.19. The van der Waals surface area contributed by atoms with Gasteiger partial charge in [-0.3, -0.25) is 0 Å². The smallest absolute Gasteiger partial charge is 0.240 e. The number of aromatic amines is 1. The third-order valence-corrected chi connectivity index (χ3v) is 7.74. The van der Waals surface area contributed by atoms with Gasteiger partial charge in [-0.25, -0.2) is 13.1 Å². The largest absolute Gasteiger partial charge is 0.358 e. The third-order valence-electron chi connectivity index (χ3n) is 5.74. The molecule has 1 aromatic heterocycles. The number of benzene rings is 3. The van der Waals surface area contributed by atoms with E-state index < -0.39 is 10.0 Å². The highest BCUT2D eigenvalue weighted by Crippen LogP contribution is 2.25. The number of aromatic nitrogens is 1. The number of para-hydroxylation sites is 1. The summed E-state index contributed by atoms with van der Waals surface area (Å²) in [6.45, 7) is 0.372. The fourth-order valence-corrected chi connectivity index (χ4v) is 5.40. The van der Waals surface area contributed by atoms with E-state index in [2.05, 4.69) is 49.8 Å². The molecule has 0 spiro atoms. The average Bonchev–Trinajstić information content (AvgIpc) is 3.18. The van der Waals surface area contributed by atoms with E-state index in [-0.39, 0.29) is 4.90 Å². The standard InChI is InChI=1S/C27H25BrN2O2S/c1-2-20-8-3-4-9-21(20)13-18-27-25(24-10-5-6-12-26(24)30-27)11-7-19-29-33(31,32)23-16-14-22(28)15-17-23/h1,3-6,8-10,12,14-17,29-30H,7,11,13,18-19H2. The molecule has 0 bridgehead atoms. The Labute approximate surface area is 203 Å². The maximum Gasteiger partial charge on any atom is 0.240 e. The Morgan fingerprint density at radius 2 is 1.64 bits per heavy atom. The van der Waals surface area contributed by atoms with E-state index in [4.69, 9.17) is 6.42 Å². The first-order valence-electron chi connectivity index (χ1n) is 10.9. The van der Waals surface area contributed by atoms with E-state index in [9.17, 15) is 8.42 Å². The first kappa shape index (κ1) is 23.3. The zero-order valence-corrected chi connectivity index (χ0v) is 20.5. The zero-order chi connectivity index (χ0) is 23.3. The minimum absolute atomic E-state index is 0.269. The normalized spacial score (nSPS) is 11.5. The van der Waals surface area contributed by atoms with Crippen molar-refractivity contribution in [2.45, 2.75) is 30.6 Å². The summed E-state index contributed by atoms with van der Waals surface area (Å²) in [5.74, 6) is 2.77. The maximum absolute atomic E-state index is 12.6. The van der Waals surface area contributed by atoms with E-state index in [1.165, 1.54) is 16.6 Å². The van der Waals surface area contributed by atoms with Crippen molar-refractivity contribution in [1.29, 1.82) is 0 Å². The molecule has 0 aliphatic rings. The fourth-order valence-electron chi connectivity index (χ4n) is 4.06. The lowest BCUT2D eigenvalue weighted by Gasteiger charge is -2.09. The highest BCUT2D eigenvalue weighted by molar-refractivity contribution is 9.10. The molecule has 0 aliphatic carbocycles. The van der Waals surface area contributed by atoms with Crippen LogP contribution in [0.25, 0.3) is 10.9 Å². The number of aryl methyl sites for hydroxylation is 3. The van der Waals surface area contributed by atoms with Crippen molar-refractivity contribution < 1.29 is 8.42 Å². The number of sulfonamides is 1. The summed E-state index contributed by atoms with van der Waals surface area (Å²) in [6, 6.07) is 22.9. The Morgan fingerprint density at radius 1 is 0.909 bits per heavy atom. The molecule has 0 radical (unpaired) electrons. The number of fused-ring (bicyclic) bond motifs is 1. The molecular weight excluding hydrogens is 496 g/mol. The maximum atomic E-state index is 12.6. The molecule has 1 heterocycles. The lowest BCUT2D eigenvalue weighted by Crippen LogP contribution is -2.25. The predicted molar refractivity (Wildman–Crippen MR) is 138 cm³/mol. The number of hydrogen-bond acceptors (Lipinski definition) is 2. The van der Waals surface area contributed by atoms with E-state index in [1.807, 2.05) is 30.3 Å². The van der Waals surface area contributed by atoms with E-state index in [0.29, 0.717) is 13.0 Å². The van der Waals surface area contributed by atoms with Crippen LogP contribution < -0.4 is 4.72 Å². The first-order valence-corrected chi connectivity index (χ1v) is 13.1. The summed E-state index contributed by atoms with van der Waals surface area (Å²) >= 11 is 3.33. The molecule has 0 atom stereocenters. The van der Waals surface area contributed by atoms with Gasteiger partial charge in [-0.05, 0) is 73.2 Å². The molecule has 3 aromatic carbocycles. The minimum Gasteiger partial charge on any atom is -0.358 e. The number of terminal acetylenes is 1. The summed E-state index contributed by atoms with van der Waals surface area (Å²) in [6.07, 6.45) is 8.82. The number of nitrogens with one attached hydrogen (secondary N) is 2. The van der Waals surface area contributed by atoms with Crippen LogP contribution >= 0.6 is 15.9 Å². The summed E-state index contributed by atoms with van der Waals surface area (Å²) in [7, 11) is -3.52. The van der Waals surface area contributed by atoms with Crippen molar-refractivity contribution in [3.8, 4) is 12.3 Å². The van der Waals surface area contributed by atoms with Crippen molar-refractivity contribution in [2.24, 2.45) is 0 Å². The summed E-state index contributed by atoms with van der Waals surface area (Å²) in [4.78, 5) is 3.83. The SMILES string of the molecule is C#Cc1ccccc1CCc1[nH]c2ccccc2c1CCCNS(=O)(=O)c1ccc(Br)cc1. The molecule has 0 amide bonds. The van der Waals surface area contributed by atoms with Gasteiger partial charge in [0.1, 0.15) is 0 Å². The predicted octanol–water partition coefficient (Wildman–Crippen LogP) is 5.61. The lowest BCUT2D eigenvalue weighted by atomic mass is 9.99. The fraction of sp³-hybridized carbons (Fsp3) is 0.185. The molecule has 0 fully saturated rings. The van der Waals surface area contributed by atoms with Gasteiger partial charge in [-0.15, -0.1) is 6.42 Å². The van der Waals surface area contributed by atoms with Gasteiger partial charge in [0.25, 0.3) is 0 Å². The van der Waals surface area contributed by atoms with Gasteiger partial charge in [-0.1, -0.05) is 58.2 Å². The van der Waals surface area contributed by atoms with Crippen molar-refractivity contribution in [1.82, 2.24) is 9.71 Å². The average molecular weight is 521 g/mol. The molecular formula is C27H25BrN2O2S. The van der Waals surface area contributed by atoms with Gasteiger partial charge in [0.2, 0.25) is 10.0 Å². The Balaban J connectivity index is 1.46. The quantitative estimate of drug-likeness (QED) is 0.222. The molecule has 0 saturated carbocycles. The van der Waals surface area contributed by atoms with Crippen LogP contribution in [0.3, 0.4) is 0 Å². The van der Waals surface area contributed by atoms with Gasteiger partial charge >= 0.3 is 0 Å². The minimum atomic E-state index is -3.52. The summed E-state index contributed by atoms with van der Waals surface area (Å²) in [5.41, 5.74) is 5.61. The van der Waals surface area contributed by atoms with Gasteiger partial charge < -0.3 is 4.98 Å². The molecule has 33 heavy (non-hydrogen) atoms. The molecule has 2 N–H and O–H groups in total. The van der Waals surface area contributed by atoms with E-state index in [1.54, 1.807) is 24.3 Å². The van der Waals surface area contributed by atoms with E-state index in [0.717, 1.165) is 40.4 Å². The van der Waals surface area contributed by atoms with Gasteiger partial charge in [0.15, 0.2) is 0 Å². The van der Waals surface area contributed by atoms with Gasteiger partial charge in [-0.2, -0.15) is 0 Å². The Hall–Kier alpha value is -2.85. The summed E-state index contributed by atoms with van der Waals surface area (Å²) < 4.78 is 28.7. The van der Waals surface area contributed by atoms with Crippen LogP contribution in [0.2, 0.25) is 0 Å². The molecule has 4 aromatic rings. The van der Waals surface area contributed by atoms with Crippen molar-refractivity contribution in [3.63, 3.8) is 0 Å². The Kier molecular flexibility index (Phi) is 7.34. The van der Waals surface area contributed by atoms with Crippen LogP contribution in [0.1, 0.15) is 28.8 Å². The third kappa shape index (κ3) is 5.56. The van der Waals surface area contributed by atoms with Crippen LogP contribution in [-0.4, -0.2) is 19.9 Å². The number of hydrogen-bond donors (Lipinski definition) is 2. The molecule has 0 unspecified atom stereocenters. The highest BCUT2D eigenvalue weighted by Gasteiger charge is 2.15. The molecule has 6 heteroatoms.